The average molecular weight is 186 g/mol. The molecule has 13 heavy (non-hydrogen) atoms. The molecule has 0 spiro atoms. The van der Waals surface area contributed by atoms with E-state index in [2.05, 4.69) is 4.74 Å². The lowest BCUT2D eigenvalue weighted by atomic mass is 9.97. The van der Waals surface area contributed by atoms with Crippen LogP contribution in [-0.4, -0.2) is 28.9 Å². The second-order valence-electron chi connectivity index (χ2n) is 3.11. The molecule has 0 aromatic heterocycles. The zero-order valence-corrected chi connectivity index (χ0v) is 7.31. The van der Waals surface area contributed by atoms with Gasteiger partial charge in [0.2, 0.25) is 0 Å². The average Bonchev–Trinajstić information content (AvgIpc) is 2.31. The van der Waals surface area contributed by atoms with Crippen LogP contribution in [0.4, 0.5) is 0 Å². The van der Waals surface area contributed by atoms with Crippen LogP contribution in [0.15, 0.2) is 0 Å². The number of ether oxygens (including phenoxy) is 1. The van der Waals surface area contributed by atoms with E-state index in [4.69, 9.17) is 5.11 Å². The molecular formula is C8H10O5. The summed E-state index contributed by atoms with van der Waals surface area (Å²) in [6.45, 7) is 2.76. The van der Waals surface area contributed by atoms with Gasteiger partial charge in [0, 0.05) is 0 Å². The number of ketones is 1. The lowest BCUT2D eigenvalue weighted by Gasteiger charge is -2.11. The van der Waals surface area contributed by atoms with Crippen molar-refractivity contribution >= 4 is 17.7 Å². The Morgan fingerprint density at radius 3 is 2.38 bits per heavy atom. The molecule has 0 radical (unpaired) electrons. The fraction of sp³-hybridized carbons (Fsp3) is 0.625. The van der Waals surface area contributed by atoms with Crippen LogP contribution in [0.2, 0.25) is 0 Å². The topological polar surface area (TPSA) is 80.7 Å². The molecule has 0 aliphatic carbocycles. The normalized spacial score (nSPS) is 30.0. The first kappa shape index (κ1) is 9.70. The van der Waals surface area contributed by atoms with Gasteiger partial charge >= 0.3 is 11.9 Å². The Balaban J connectivity index is 2.80. The number of aliphatic carboxylic acids is 1. The number of esters is 1. The fourth-order valence-electron chi connectivity index (χ4n) is 1.13. The quantitative estimate of drug-likeness (QED) is 0.478. The van der Waals surface area contributed by atoms with E-state index in [9.17, 15) is 14.4 Å². The third-order valence-electron chi connectivity index (χ3n) is 2.15. The third-order valence-corrected chi connectivity index (χ3v) is 2.15. The minimum absolute atomic E-state index is 0.445. The van der Waals surface area contributed by atoms with Gasteiger partial charge < -0.3 is 9.84 Å². The molecule has 1 aliphatic rings. The Morgan fingerprint density at radius 1 is 1.54 bits per heavy atom. The Labute approximate surface area is 74.7 Å². The van der Waals surface area contributed by atoms with E-state index < -0.39 is 35.7 Å². The third kappa shape index (κ3) is 1.54. The standard InChI is InChI=1S/C8H10O5/c1-3-5(9)6(13-8(3)12)4(2)7(10)11/h3-4,6H,1-2H3,(H,10,11). The van der Waals surface area contributed by atoms with Crippen molar-refractivity contribution in [3.05, 3.63) is 0 Å². The number of Topliss-reactive ketones (excluding diaryl/α,β-unsaturated/α-hetero) is 1. The number of carbonyl (C=O) groups excluding carboxylic acids is 2. The molecule has 0 aromatic rings. The van der Waals surface area contributed by atoms with Gasteiger partial charge in [0.25, 0.3) is 0 Å². The van der Waals surface area contributed by atoms with Crippen LogP contribution in [0.3, 0.4) is 0 Å². The number of hydrogen-bond acceptors (Lipinski definition) is 4. The second kappa shape index (κ2) is 3.16. The van der Waals surface area contributed by atoms with Gasteiger partial charge in [-0.25, -0.2) is 0 Å². The summed E-state index contributed by atoms with van der Waals surface area (Å²) in [5.74, 6) is -4.02. The zero-order chi connectivity index (χ0) is 10.2. The summed E-state index contributed by atoms with van der Waals surface area (Å²) in [4.78, 5) is 32.6. The van der Waals surface area contributed by atoms with Gasteiger partial charge in [-0.2, -0.15) is 0 Å². The lowest BCUT2D eigenvalue weighted by Crippen LogP contribution is -2.31. The fourth-order valence-corrected chi connectivity index (χ4v) is 1.13. The molecule has 3 atom stereocenters. The SMILES string of the molecule is CC1C(=O)OC(C(C)C(=O)O)C1=O. The molecule has 1 fully saturated rings. The first-order valence-electron chi connectivity index (χ1n) is 3.92. The summed E-state index contributed by atoms with van der Waals surface area (Å²) in [5.41, 5.74) is 0. The number of carboxylic acids is 1. The van der Waals surface area contributed by atoms with Crippen LogP contribution in [0, 0.1) is 11.8 Å². The summed E-state index contributed by atoms with van der Waals surface area (Å²) in [6, 6.07) is 0. The van der Waals surface area contributed by atoms with Crippen LogP contribution in [-0.2, 0) is 19.1 Å². The lowest BCUT2D eigenvalue weighted by molar-refractivity contribution is -0.153. The van der Waals surface area contributed by atoms with E-state index in [1.54, 1.807) is 0 Å². The van der Waals surface area contributed by atoms with Crippen molar-refractivity contribution in [2.45, 2.75) is 20.0 Å². The van der Waals surface area contributed by atoms with Crippen LogP contribution < -0.4 is 0 Å². The van der Waals surface area contributed by atoms with E-state index >= 15 is 0 Å². The van der Waals surface area contributed by atoms with E-state index in [-0.39, 0.29) is 0 Å². The highest BCUT2D eigenvalue weighted by atomic mass is 16.6. The number of carboxylic acid groups (broad SMARTS) is 1. The Hall–Kier alpha value is -1.39. The molecule has 0 saturated carbocycles. The predicted octanol–water partition coefficient (Wildman–Crippen LogP) is -0.162. The minimum Gasteiger partial charge on any atom is -0.481 e. The monoisotopic (exact) mass is 186 g/mol. The number of hydrogen-bond donors (Lipinski definition) is 1. The van der Waals surface area contributed by atoms with Crippen molar-refractivity contribution in [1.82, 2.24) is 0 Å². The molecule has 3 unspecified atom stereocenters. The predicted molar refractivity (Wildman–Crippen MR) is 40.9 cm³/mol. The van der Waals surface area contributed by atoms with Gasteiger partial charge in [0.05, 0.1) is 5.92 Å². The summed E-state index contributed by atoms with van der Waals surface area (Å²) >= 11 is 0. The summed E-state index contributed by atoms with van der Waals surface area (Å²) in [6.07, 6.45) is -1.11. The molecule has 5 heteroatoms. The highest BCUT2D eigenvalue weighted by Gasteiger charge is 2.45. The Bertz CT molecular complexity index is 270. The van der Waals surface area contributed by atoms with Gasteiger partial charge in [-0.1, -0.05) is 0 Å². The van der Waals surface area contributed by atoms with Crippen LogP contribution in [0.5, 0.6) is 0 Å². The van der Waals surface area contributed by atoms with Crippen LogP contribution >= 0.6 is 0 Å². The first-order chi connectivity index (χ1) is 5.95. The summed E-state index contributed by atoms with van der Waals surface area (Å²) in [5, 5.41) is 8.59. The molecule has 5 nitrogen and oxygen atoms in total. The van der Waals surface area contributed by atoms with E-state index in [0.717, 1.165) is 0 Å². The summed E-state index contributed by atoms with van der Waals surface area (Å²) in [7, 11) is 0. The van der Waals surface area contributed by atoms with Crippen LogP contribution in [0.25, 0.3) is 0 Å². The second-order valence-corrected chi connectivity index (χ2v) is 3.11. The van der Waals surface area contributed by atoms with E-state index in [1.807, 2.05) is 0 Å². The number of carbonyl (C=O) groups is 3. The smallest absolute Gasteiger partial charge is 0.317 e. The molecule has 1 heterocycles. The molecule has 1 rings (SSSR count). The minimum atomic E-state index is -1.14. The van der Waals surface area contributed by atoms with Crippen LogP contribution in [0.1, 0.15) is 13.8 Å². The summed E-state index contributed by atoms with van der Waals surface area (Å²) < 4.78 is 4.64. The maximum Gasteiger partial charge on any atom is 0.317 e. The molecule has 1 N–H and O–H groups in total. The Morgan fingerprint density at radius 2 is 2.08 bits per heavy atom. The van der Waals surface area contributed by atoms with E-state index in [0.29, 0.717) is 0 Å². The van der Waals surface area contributed by atoms with Crippen molar-refractivity contribution in [2.75, 3.05) is 0 Å². The van der Waals surface area contributed by atoms with Gasteiger partial charge in [-0.15, -0.1) is 0 Å². The van der Waals surface area contributed by atoms with Gasteiger partial charge in [-0.05, 0) is 13.8 Å². The highest BCUT2D eigenvalue weighted by molar-refractivity contribution is 6.07. The van der Waals surface area contributed by atoms with Gasteiger partial charge in [0.1, 0.15) is 5.92 Å². The van der Waals surface area contributed by atoms with E-state index in [1.165, 1.54) is 13.8 Å². The van der Waals surface area contributed by atoms with Crippen molar-refractivity contribution in [1.29, 1.82) is 0 Å². The van der Waals surface area contributed by atoms with Crippen molar-refractivity contribution in [3.63, 3.8) is 0 Å². The van der Waals surface area contributed by atoms with Gasteiger partial charge in [0.15, 0.2) is 11.9 Å². The first-order valence-corrected chi connectivity index (χ1v) is 3.92. The van der Waals surface area contributed by atoms with Crippen molar-refractivity contribution in [3.8, 4) is 0 Å². The van der Waals surface area contributed by atoms with Gasteiger partial charge in [-0.3, -0.25) is 14.4 Å². The number of rotatable bonds is 2. The van der Waals surface area contributed by atoms with Crippen molar-refractivity contribution < 1.29 is 24.2 Å². The zero-order valence-electron chi connectivity index (χ0n) is 7.31. The number of cyclic esters (lactones) is 1. The molecule has 0 amide bonds. The molecule has 1 saturated heterocycles. The highest BCUT2D eigenvalue weighted by Crippen LogP contribution is 2.22. The molecule has 0 aromatic carbocycles. The van der Waals surface area contributed by atoms with Crippen molar-refractivity contribution in [2.24, 2.45) is 11.8 Å². The molecule has 72 valence electrons. The molecule has 0 bridgehead atoms. The Kier molecular flexibility index (Phi) is 2.36. The largest absolute Gasteiger partial charge is 0.481 e. The molecule has 1 aliphatic heterocycles. The molecular weight excluding hydrogens is 176 g/mol. The maximum absolute atomic E-state index is 11.3. The maximum atomic E-state index is 11.3.